The summed E-state index contributed by atoms with van der Waals surface area (Å²) in [7, 11) is 0. The van der Waals surface area contributed by atoms with Gasteiger partial charge < -0.3 is 5.11 Å². The molecule has 0 amide bonds. The van der Waals surface area contributed by atoms with E-state index in [0.29, 0.717) is 4.90 Å². The molecule has 0 fully saturated rings. The van der Waals surface area contributed by atoms with Gasteiger partial charge in [-0.15, -0.1) is 11.8 Å². The molecule has 14 heavy (non-hydrogen) atoms. The Bertz CT molecular complexity index is 387. The number of hydrogen-bond acceptors (Lipinski definition) is 4. The van der Waals surface area contributed by atoms with Crippen molar-refractivity contribution in [2.24, 2.45) is 0 Å². The highest BCUT2D eigenvalue weighted by atomic mass is 32.2. The number of aromatic nitrogens is 1. The molecule has 1 rings (SSSR count). The van der Waals surface area contributed by atoms with Gasteiger partial charge in [0.2, 0.25) is 0 Å². The molecule has 72 valence electrons. The molecule has 0 aliphatic carbocycles. The third kappa shape index (κ3) is 2.47. The van der Waals surface area contributed by atoms with Crippen LogP contribution in [0.2, 0.25) is 0 Å². The average molecular weight is 208 g/mol. The number of nitriles is 1. The molecule has 1 atom stereocenters. The van der Waals surface area contributed by atoms with E-state index in [1.165, 1.54) is 6.20 Å². The normalized spacial score (nSPS) is 11.7. The standard InChI is InChI=1S/C9H8N2O2S/c1-6(9(12)13)14-8-3-2-4-11-7(8)5-10/h2-4,6H,1H3,(H,12,13). The Morgan fingerprint density at radius 1 is 1.79 bits per heavy atom. The van der Waals surface area contributed by atoms with Gasteiger partial charge in [0.05, 0.1) is 0 Å². The summed E-state index contributed by atoms with van der Waals surface area (Å²) in [4.78, 5) is 15.0. The maximum Gasteiger partial charge on any atom is 0.316 e. The zero-order valence-electron chi connectivity index (χ0n) is 7.47. The lowest BCUT2D eigenvalue weighted by Gasteiger charge is -2.05. The summed E-state index contributed by atoms with van der Waals surface area (Å²) < 4.78 is 0. The summed E-state index contributed by atoms with van der Waals surface area (Å²) in [5.74, 6) is -0.900. The van der Waals surface area contributed by atoms with Crippen LogP contribution in [0.5, 0.6) is 0 Å². The lowest BCUT2D eigenvalue weighted by molar-refractivity contribution is -0.136. The van der Waals surface area contributed by atoms with Crippen molar-refractivity contribution in [3.05, 3.63) is 24.0 Å². The molecule has 4 nitrogen and oxygen atoms in total. The molecule has 5 heteroatoms. The van der Waals surface area contributed by atoms with Crippen molar-refractivity contribution >= 4 is 17.7 Å². The lowest BCUT2D eigenvalue weighted by Crippen LogP contribution is -2.11. The van der Waals surface area contributed by atoms with Crippen LogP contribution in [0.15, 0.2) is 23.2 Å². The molecular formula is C9H8N2O2S. The fraction of sp³-hybridized carbons (Fsp3) is 0.222. The second-order valence-electron chi connectivity index (χ2n) is 2.56. The lowest BCUT2D eigenvalue weighted by atomic mass is 10.4. The smallest absolute Gasteiger partial charge is 0.316 e. The minimum atomic E-state index is -0.900. The summed E-state index contributed by atoms with van der Waals surface area (Å²) in [5.41, 5.74) is 0.269. The topological polar surface area (TPSA) is 74.0 Å². The second kappa shape index (κ2) is 4.63. The molecular weight excluding hydrogens is 200 g/mol. The number of rotatable bonds is 3. The molecule has 1 unspecified atom stereocenters. The predicted molar refractivity (Wildman–Crippen MR) is 51.9 cm³/mol. The number of carbonyl (C=O) groups is 1. The van der Waals surface area contributed by atoms with Gasteiger partial charge in [-0.1, -0.05) is 0 Å². The van der Waals surface area contributed by atoms with Gasteiger partial charge in [-0.05, 0) is 19.1 Å². The van der Waals surface area contributed by atoms with Crippen LogP contribution in [-0.2, 0) is 4.79 Å². The fourth-order valence-electron chi connectivity index (χ4n) is 0.810. The fourth-order valence-corrected chi connectivity index (χ4v) is 1.66. The quantitative estimate of drug-likeness (QED) is 0.762. The van der Waals surface area contributed by atoms with E-state index in [-0.39, 0.29) is 5.69 Å². The Balaban J connectivity index is 2.87. The zero-order chi connectivity index (χ0) is 10.6. The van der Waals surface area contributed by atoms with Crippen molar-refractivity contribution in [3.8, 4) is 6.07 Å². The third-order valence-corrected chi connectivity index (χ3v) is 2.67. The first-order valence-electron chi connectivity index (χ1n) is 3.89. The van der Waals surface area contributed by atoms with Gasteiger partial charge in [0.1, 0.15) is 11.3 Å². The first kappa shape index (κ1) is 10.5. The van der Waals surface area contributed by atoms with E-state index in [0.717, 1.165) is 11.8 Å². The van der Waals surface area contributed by atoms with Crippen molar-refractivity contribution in [1.29, 1.82) is 5.26 Å². The van der Waals surface area contributed by atoms with Gasteiger partial charge in [0.15, 0.2) is 5.69 Å². The third-order valence-electron chi connectivity index (χ3n) is 1.53. The van der Waals surface area contributed by atoms with Crippen LogP contribution in [0.25, 0.3) is 0 Å². The number of aliphatic carboxylic acids is 1. The van der Waals surface area contributed by atoms with Crippen molar-refractivity contribution in [2.45, 2.75) is 17.1 Å². The highest BCUT2D eigenvalue weighted by Gasteiger charge is 2.14. The SMILES string of the molecule is CC(Sc1cccnc1C#N)C(=O)O. The van der Waals surface area contributed by atoms with Gasteiger partial charge in [-0.3, -0.25) is 4.79 Å². The molecule has 1 aromatic rings. The molecule has 0 spiro atoms. The van der Waals surface area contributed by atoms with Crippen LogP contribution in [0.3, 0.4) is 0 Å². The molecule has 0 bridgehead atoms. The second-order valence-corrected chi connectivity index (χ2v) is 3.94. The maximum absolute atomic E-state index is 10.6. The minimum Gasteiger partial charge on any atom is -0.480 e. The van der Waals surface area contributed by atoms with Gasteiger partial charge in [0, 0.05) is 11.1 Å². The van der Waals surface area contributed by atoms with Crippen molar-refractivity contribution in [1.82, 2.24) is 4.98 Å². The van der Waals surface area contributed by atoms with Crippen LogP contribution in [0, 0.1) is 11.3 Å². The zero-order valence-corrected chi connectivity index (χ0v) is 8.28. The van der Waals surface area contributed by atoms with Crippen LogP contribution < -0.4 is 0 Å². The molecule has 0 aliphatic rings. The Kier molecular flexibility index (Phi) is 3.48. The first-order valence-corrected chi connectivity index (χ1v) is 4.77. The van der Waals surface area contributed by atoms with Crippen molar-refractivity contribution in [3.63, 3.8) is 0 Å². The number of thioether (sulfide) groups is 1. The van der Waals surface area contributed by atoms with Crippen molar-refractivity contribution in [2.75, 3.05) is 0 Å². The van der Waals surface area contributed by atoms with E-state index in [1.54, 1.807) is 19.1 Å². The van der Waals surface area contributed by atoms with Gasteiger partial charge in [-0.2, -0.15) is 5.26 Å². The van der Waals surface area contributed by atoms with Gasteiger partial charge in [0.25, 0.3) is 0 Å². The van der Waals surface area contributed by atoms with E-state index in [4.69, 9.17) is 10.4 Å². The van der Waals surface area contributed by atoms with E-state index in [1.807, 2.05) is 6.07 Å². The van der Waals surface area contributed by atoms with Crippen molar-refractivity contribution < 1.29 is 9.90 Å². The highest BCUT2D eigenvalue weighted by molar-refractivity contribution is 8.00. The molecule has 0 aliphatic heterocycles. The van der Waals surface area contributed by atoms with Crippen LogP contribution in [0.1, 0.15) is 12.6 Å². The van der Waals surface area contributed by atoms with E-state index in [2.05, 4.69) is 4.98 Å². The number of nitrogens with zero attached hydrogens (tertiary/aromatic N) is 2. The summed E-state index contributed by atoms with van der Waals surface area (Å²) in [6.45, 7) is 1.57. The van der Waals surface area contributed by atoms with Gasteiger partial charge >= 0.3 is 5.97 Å². The summed E-state index contributed by atoms with van der Waals surface area (Å²) >= 11 is 1.12. The summed E-state index contributed by atoms with van der Waals surface area (Å²) in [5, 5.41) is 16.8. The minimum absolute atomic E-state index is 0.269. The molecule has 0 saturated heterocycles. The summed E-state index contributed by atoms with van der Waals surface area (Å²) in [6, 6.07) is 5.28. The van der Waals surface area contributed by atoms with Crippen LogP contribution in [-0.4, -0.2) is 21.3 Å². The monoisotopic (exact) mass is 208 g/mol. The highest BCUT2D eigenvalue weighted by Crippen LogP contribution is 2.24. The van der Waals surface area contributed by atoms with E-state index >= 15 is 0 Å². The molecule has 1 heterocycles. The Morgan fingerprint density at radius 2 is 2.50 bits per heavy atom. The molecule has 1 aromatic heterocycles. The van der Waals surface area contributed by atoms with Crippen LogP contribution >= 0.6 is 11.8 Å². The Morgan fingerprint density at radius 3 is 3.07 bits per heavy atom. The average Bonchev–Trinajstić information content (AvgIpc) is 2.18. The largest absolute Gasteiger partial charge is 0.480 e. The number of carboxylic acid groups (broad SMARTS) is 1. The Labute approximate surface area is 85.6 Å². The molecule has 0 saturated carbocycles. The van der Waals surface area contributed by atoms with E-state index < -0.39 is 11.2 Å². The Hall–Kier alpha value is -1.54. The van der Waals surface area contributed by atoms with Crippen LogP contribution in [0.4, 0.5) is 0 Å². The molecule has 1 N–H and O–H groups in total. The summed E-state index contributed by atoms with van der Waals surface area (Å²) in [6.07, 6.45) is 1.51. The number of carboxylic acids is 1. The maximum atomic E-state index is 10.6. The number of hydrogen-bond donors (Lipinski definition) is 1. The first-order chi connectivity index (χ1) is 6.65. The number of pyridine rings is 1. The molecule has 0 aromatic carbocycles. The predicted octanol–water partition coefficient (Wildman–Crippen LogP) is 1.52. The van der Waals surface area contributed by atoms with Gasteiger partial charge in [-0.25, -0.2) is 4.98 Å². The molecule has 0 radical (unpaired) electrons. The van der Waals surface area contributed by atoms with E-state index in [9.17, 15) is 4.79 Å².